The Morgan fingerprint density at radius 3 is 1.85 bits per heavy atom. The van der Waals surface area contributed by atoms with Crippen molar-refractivity contribution in [3.05, 3.63) is 0 Å². The Kier molecular flexibility index (Phi) is 5.36. The summed E-state index contributed by atoms with van der Waals surface area (Å²) in [6.45, 7) is 1.97. The maximum absolute atomic E-state index is 9.75. The lowest BCUT2D eigenvalue weighted by Crippen LogP contribution is -2.50. The first kappa shape index (κ1) is 14.8. The van der Waals surface area contributed by atoms with Crippen molar-refractivity contribution in [2.45, 2.75) is 94.9 Å². The van der Waals surface area contributed by atoms with Gasteiger partial charge in [0.1, 0.15) is 0 Å². The zero-order valence-corrected chi connectivity index (χ0v) is 12.9. The third kappa shape index (κ3) is 3.75. The minimum Gasteiger partial charge on any atom is -0.392 e. The molecule has 3 heteroatoms. The van der Waals surface area contributed by atoms with E-state index in [4.69, 9.17) is 0 Å². The van der Waals surface area contributed by atoms with E-state index in [1.54, 1.807) is 0 Å². The van der Waals surface area contributed by atoms with E-state index in [1.807, 2.05) is 0 Å². The number of β-amino-alcohol motifs (C(OH)–C–C–N with tert-alkyl or cyclic N) is 1. The number of hydrogen-bond donors (Lipinski definition) is 2. The molecule has 0 aromatic heterocycles. The van der Waals surface area contributed by atoms with Gasteiger partial charge in [-0.2, -0.15) is 0 Å². The van der Waals surface area contributed by atoms with Crippen molar-refractivity contribution in [1.82, 2.24) is 10.2 Å². The molecule has 2 N–H and O–H groups in total. The van der Waals surface area contributed by atoms with Crippen LogP contribution < -0.4 is 5.32 Å². The molecule has 20 heavy (non-hydrogen) atoms. The summed E-state index contributed by atoms with van der Waals surface area (Å²) in [6, 6.07) is 2.17. The molecular weight excluding hydrogens is 248 g/mol. The quantitative estimate of drug-likeness (QED) is 0.831. The smallest absolute Gasteiger partial charge is 0.0680 e. The van der Waals surface area contributed by atoms with E-state index in [0.29, 0.717) is 6.04 Å². The summed E-state index contributed by atoms with van der Waals surface area (Å²) in [4.78, 5) is 2.86. The van der Waals surface area contributed by atoms with Crippen LogP contribution in [0.25, 0.3) is 0 Å². The number of nitrogens with one attached hydrogen (secondary N) is 1. The van der Waals surface area contributed by atoms with Crippen LogP contribution in [0, 0.1) is 0 Å². The highest BCUT2D eigenvalue weighted by molar-refractivity contribution is 4.90. The Balaban J connectivity index is 1.62. The second-order valence-corrected chi connectivity index (χ2v) is 7.28. The second-order valence-electron chi connectivity index (χ2n) is 7.28. The molecule has 0 amide bonds. The summed E-state index contributed by atoms with van der Waals surface area (Å²) in [5.41, 5.74) is 0. The standard InChI is InChI=1S/C17H32N2O/c20-17-11-14(18-12-17)13-19(15-7-3-1-4-8-15)16-9-5-2-6-10-16/h14-18,20H,1-13H2. The molecule has 0 bridgehead atoms. The SMILES string of the molecule is OC1CNC(CN(C2CCCCC2)C2CCCCC2)C1. The highest BCUT2D eigenvalue weighted by Crippen LogP contribution is 2.30. The molecule has 3 aliphatic rings. The van der Waals surface area contributed by atoms with Crippen LogP contribution in [0.3, 0.4) is 0 Å². The van der Waals surface area contributed by atoms with Crippen LogP contribution in [0.15, 0.2) is 0 Å². The lowest BCUT2D eigenvalue weighted by molar-refractivity contribution is 0.0706. The molecule has 0 aromatic carbocycles. The van der Waals surface area contributed by atoms with Crippen LogP contribution in [-0.2, 0) is 0 Å². The van der Waals surface area contributed by atoms with E-state index in [-0.39, 0.29) is 6.10 Å². The third-order valence-corrected chi connectivity index (χ3v) is 5.72. The minimum atomic E-state index is -0.112. The van der Waals surface area contributed by atoms with Crippen molar-refractivity contribution >= 4 is 0 Å². The zero-order valence-electron chi connectivity index (χ0n) is 12.9. The molecule has 3 fully saturated rings. The minimum absolute atomic E-state index is 0.112. The predicted molar refractivity (Wildman–Crippen MR) is 82.9 cm³/mol. The van der Waals surface area contributed by atoms with Gasteiger partial charge < -0.3 is 10.4 Å². The Labute approximate surface area is 124 Å². The summed E-state index contributed by atoms with van der Waals surface area (Å²) in [5.74, 6) is 0. The van der Waals surface area contributed by atoms with Gasteiger partial charge in [-0.25, -0.2) is 0 Å². The van der Waals surface area contributed by atoms with Gasteiger partial charge in [0.25, 0.3) is 0 Å². The van der Waals surface area contributed by atoms with Crippen LogP contribution >= 0.6 is 0 Å². The van der Waals surface area contributed by atoms with Gasteiger partial charge in [0, 0.05) is 31.2 Å². The highest BCUT2D eigenvalue weighted by atomic mass is 16.3. The van der Waals surface area contributed by atoms with Crippen molar-refractivity contribution in [2.24, 2.45) is 0 Å². The van der Waals surface area contributed by atoms with Gasteiger partial charge in [0.05, 0.1) is 6.10 Å². The fraction of sp³-hybridized carbons (Fsp3) is 1.00. The number of nitrogens with zero attached hydrogens (tertiary/aromatic N) is 1. The Morgan fingerprint density at radius 1 is 0.850 bits per heavy atom. The van der Waals surface area contributed by atoms with Crippen LogP contribution in [0.4, 0.5) is 0 Å². The summed E-state index contributed by atoms with van der Waals surface area (Å²) < 4.78 is 0. The summed E-state index contributed by atoms with van der Waals surface area (Å²) >= 11 is 0. The second kappa shape index (κ2) is 7.24. The molecule has 2 unspecified atom stereocenters. The molecular formula is C17H32N2O. The van der Waals surface area contributed by atoms with Crippen molar-refractivity contribution in [2.75, 3.05) is 13.1 Å². The first-order valence-electron chi connectivity index (χ1n) is 9.00. The summed E-state index contributed by atoms with van der Waals surface area (Å²) in [7, 11) is 0. The van der Waals surface area contributed by atoms with Gasteiger partial charge >= 0.3 is 0 Å². The molecule has 0 spiro atoms. The van der Waals surface area contributed by atoms with Crippen molar-refractivity contribution in [3.8, 4) is 0 Å². The topological polar surface area (TPSA) is 35.5 Å². The fourth-order valence-electron chi connectivity index (χ4n) is 4.61. The first-order valence-corrected chi connectivity index (χ1v) is 9.00. The van der Waals surface area contributed by atoms with E-state index in [2.05, 4.69) is 10.2 Å². The highest BCUT2D eigenvalue weighted by Gasteiger charge is 2.32. The van der Waals surface area contributed by atoms with Gasteiger partial charge in [-0.05, 0) is 32.1 Å². The molecule has 116 valence electrons. The maximum Gasteiger partial charge on any atom is 0.0680 e. The van der Waals surface area contributed by atoms with E-state index in [0.717, 1.165) is 25.0 Å². The summed E-state index contributed by atoms with van der Waals surface area (Å²) in [6.07, 6.45) is 15.1. The molecule has 2 aliphatic carbocycles. The fourth-order valence-corrected chi connectivity index (χ4v) is 4.61. The average molecular weight is 280 g/mol. The monoisotopic (exact) mass is 280 g/mol. The number of hydrogen-bond acceptors (Lipinski definition) is 3. The predicted octanol–water partition coefficient (Wildman–Crippen LogP) is 2.68. The lowest BCUT2D eigenvalue weighted by Gasteiger charge is -2.43. The van der Waals surface area contributed by atoms with E-state index in [9.17, 15) is 5.11 Å². The van der Waals surface area contributed by atoms with E-state index < -0.39 is 0 Å². The molecule has 1 saturated heterocycles. The normalized spacial score (nSPS) is 33.9. The third-order valence-electron chi connectivity index (χ3n) is 5.72. The maximum atomic E-state index is 9.75. The van der Waals surface area contributed by atoms with Gasteiger partial charge in [0.15, 0.2) is 0 Å². The zero-order chi connectivity index (χ0) is 13.8. The first-order chi connectivity index (χ1) is 9.83. The molecule has 0 aromatic rings. The van der Waals surface area contributed by atoms with Crippen molar-refractivity contribution in [3.63, 3.8) is 0 Å². The van der Waals surface area contributed by atoms with Crippen LogP contribution in [0.2, 0.25) is 0 Å². The van der Waals surface area contributed by atoms with Gasteiger partial charge in [-0.15, -0.1) is 0 Å². The molecule has 3 rings (SSSR count). The number of rotatable bonds is 4. The number of aliphatic hydroxyl groups is 1. The van der Waals surface area contributed by atoms with E-state index >= 15 is 0 Å². The van der Waals surface area contributed by atoms with Gasteiger partial charge in [-0.1, -0.05) is 38.5 Å². The van der Waals surface area contributed by atoms with Crippen LogP contribution in [0.5, 0.6) is 0 Å². The van der Waals surface area contributed by atoms with Crippen LogP contribution in [0.1, 0.15) is 70.6 Å². The Bertz CT molecular complexity index is 267. The molecule has 1 aliphatic heterocycles. The average Bonchev–Trinajstić information content (AvgIpc) is 2.92. The van der Waals surface area contributed by atoms with Gasteiger partial charge in [0.2, 0.25) is 0 Å². The Morgan fingerprint density at radius 2 is 1.40 bits per heavy atom. The lowest BCUT2D eigenvalue weighted by atomic mass is 9.88. The van der Waals surface area contributed by atoms with Crippen LogP contribution in [-0.4, -0.2) is 47.3 Å². The number of aliphatic hydroxyl groups excluding tert-OH is 1. The largest absolute Gasteiger partial charge is 0.392 e. The Hall–Kier alpha value is -0.120. The molecule has 2 saturated carbocycles. The summed E-state index contributed by atoms with van der Waals surface area (Å²) in [5, 5.41) is 13.3. The molecule has 0 radical (unpaired) electrons. The molecule has 2 atom stereocenters. The van der Waals surface area contributed by atoms with Gasteiger partial charge in [-0.3, -0.25) is 4.90 Å². The van der Waals surface area contributed by atoms with E-state index in [1.165, 1.54) is 70.8 Å². The van der Waals surface area contributed by atoms with Crippen molar-refractivity contribution < 1.29 is 5.11 Å². The van der Waals surface area contributed by atoms with Crippen molar-refractivity contribution in [1.29, 1.82) is 0 Å². The molecule has 3 nitrogen and oxygen atoms in total. The molecule has 1 heterocycles.